The van der Waals surface area contributed by atoms with E-state index in [1.165, 1.54) is 6.07 Å². The number of alkyl halides is 3. The van der Waals surface area contributed by atoms with E-state index in [1.807, 2.05) is 19.1 Å². The highest BCUT2D eigenvalue weighted by molar-refractivity contribution is 5.39. The smallest absolute Gasteiger partial charge is 0.207 e. The lowest BCUT2D eigenvalue weighted by Gasteiger charge is -2.46. The van der Waals surface area contributed by atoms with Gasteiger partial charge in [-0.05, 0) is 90.7 Å². The van der Waals surface area contributed by atoms with Gasteiger partial charge in [-0.25, -0.2) is 17.6 Å². The zero-order chi connectivity index (χ0) is 23.2. The van der Waals surface area contributed by atoms with Crippen molar-refractivity contribution in [2.24, 2.45) is 11.8 Å². The molecule has 2 aromatic carbocycles. The van der Waals surface area contributed by atoms with Gasteiger partial charge in [0.2, 0.25) is 0 Å². The topological polar surface area (TPSA) is 0 Å². The number of benzene rings is 2. The van der Waals surface area contributed by atoms with Crippen molar-refractivity contribution >= 4 is 0 Å². The molecule has 32 heavy (non-hydrogen) atoms. The summed E-state index contributed by atoms with van der Waals surface area (Å²) in [4.78, 5) is 0. The quantitative estimate of drug-likeness (QED) is 0.324. The average Bonchev–Trinajstić information content (AvgIpc) is 2.69. The Balaban J connectivity index is 1.81. The molecule has 4 rings (SSSR count). The van der Waals surface area contributed by atoms with Crippen LogP contribution < -0.4 is 0 Å². The molecule has 0 aromatic heterocycles. The third-order valence-corrected chi connectivity index (χ3v) is 6.92. The van der Waals surface area contributed by atoms with E-state index < -0.39 is 40.9 Å². The fourth-order valence-corrected chi connectivity index (χ4v) is 5.71. The van der Waals surface area contributed by atoms with Crippen LogP contribution in [0.15, 0.2) is 36.4 Å². The molecule has 2 aliphatic carbocycles. The Morgan fingerprint density at radius 1 is 0.906 bits per heavy atom. The third-order valence-electron chi connectivity index (χ3n) is 6.92. The highest BCUT2D eigenvalue weighted by Gasteiger charge is 2.44. The van der Waals surface area contributed by atoms with Gasteiger partial charge in [0.15, 0.2) is 0 Å². The van der Waals surface area contributed by atoms with Crippen LogP contribution in [0.2, 0.25) is 0 Å². The minimum atomic E-state index is -5.14. The van der Waals surface area contributed by atoms with Gasteiger partial charge in [0.05, 0.1) is 0 Å². The van der Waals surface area contributed by atoms with Crippen molar-refractivity contribution < 1.29 is 30.7 Å². The fraction of sp³-hybridized carbons (Fsp3) is 0.440. The van der Waals surface area contributed by atoms with E-state index in [4.69, 9.17) is 0 Å². The van der Waals surface area contributed by atoms with E-state index in [9.17, 15) is 30.7 Å². The summed E-state index contributed by atoms with van der Waals surface area (Å²) < 4.78 is 96.4. The normalized spacial score (nSPS) is 25.6. The summed E-state index contributed by atoms with van der Waals surface area (Å²) >= 11 is 0. The second-order valence-electron chi connectivity index (χ2n) is 8.73. The van der Waals surface area contributed by atoms with Gasteiger partial charge in [-0.15, -0.1) is 0 Å². The minimum Gasteiger partial charge on any atom is -0.207 e. The SMILES string of the molecule is CCC=C[C@@H]1CC[C@H]2c3cc(F)cc(F)c3CC[C@@H]2[C@H]1c1cc(F)c(C(F)(F)F)c(F)c1. The summed E-state index contributed by atoms with van der Waals surface area (Å²) in [7, 11) is 0. The highest BCUT2D eigenvalue weighted by Crippen LogP contribution is 2.55. The molecule has 7 heteroatoms. The number of hydrogen-bond acceptors (Lipinski definition) is 0. The number of hydrogen-bond donors (Lipinski definition) is 0. The molecule has 0 N–H and O–H groups in total. The van der Waals surface area contributed by atoms with Crippen molar-refractivity contribution in [1.82, 2.24) is 0 Å². The lowest BCUT2D eigenvalue weighted by Crippen LogP contribution is -2.35. The van der Waals surface area contributed by atoms with Crippen LogP contribution >= 0.6 is 0 Å². The molecule has 0 saturated heterocycles. The molecule has 0 amide bonds. The first-order valence-electron chi connectivity index (χ1n) is 10.8. The maximum atomic E-state index is 14.4. The molecule has 1 fully saturated rings. The lowest BCUT2D eigenvalue weighted by molar-refractivity contribution is -0.142. The summed E-state index contributed by atoms with van der Waals surface area (Å²) in [5.74, 6) is -5.57. The maximum absolute atomic E-state index is 14.4. The second kappa shape index (κ2) is 8.56. The average molecular weight is 456 g/mol. The minimum absolute atomic E-state index is 0.133. The van der Waals surface area contributed by atoms with Gasteiger partial charge in [-0.3, -0.25) is 0 Å². The number of allylic oxidation sites excluding steroid dienone is 2. The Bertz CT molecular complexity index is 1010. The van der Waals surface area contributed by atoms with Crippen LogP contribution in [-0.4, -0.2) is 0 Å². The molecular weight excluding hydrogens is 433 g/mol. The second-order valence-corrected chi connectivity index (χ2v) is 8.73. The third kappa shape index (κ3) is 4.06. The molecule has 0 heterocycles. The van der Waals surface area contributed by atoms with E-state index in [0.29, 0.717) is 36.8 Å². The van der Waals surface area contributed by atoms with Crippen LogP contribution in [0, 0.1) is 35.1 Å². The van der Waals surface area contributed by atoms with Crippen molar-refractivity contribution in [3.8, 4) is 0 Å². The van der Waals surface area contributed by atoms with Crippen LogP contribution in [0.25, 0.3) is 0 Å². The monoisotopic (exact) mass is 456 g/mol. The predicted molar refractivity (Wildman–Crippen MR) is 107 cm³/mol. The van der Waals surface area contributed by atoms with Crippen molar-refractivity contribution in [3.05, 3.63) is 81.9 Å². The number of fused-ring (bicyclic) bond motifs is 3. The summed E-state index contributed by atoms with van der Waals surface area (Å²) in [6.07, 6.45) is 1.58. The fourth-order valence-electron chi connectivity index (χ4n) is 5.71. The van der Waals surface area contributed by atoms with Gasteiger partial charge in [0.25, 0.3) is 0 Å². The van der Waals surface area contributed by atoms with Crippen LogP contribution in [0.4, 0.5) is 30.7 Å². The number of halogens is 7. The van der Waals surface area contributed by atoms with E-state index in [2.05, 4.69) is 0 Å². The Kier molecular flexibility index (Phi) is 6.12. The predicted octanol–water partition coefficient (Wildman–Crippen LogP) is 8.07. The standard InChI is InChI=1S/C25H23F7/c1-2-3-4-13-5-6-16-18(8-7-17-19(16)11-15(26)12-20(17)27)23(13)14-9-21(28)24(22(29)10-14)25(30,31)32/h3-4,9-13,16,18,23H,2,5-8H2,1H3/t13-,16-,18+,23-/m1/s1. The lowest BCUT2D eigenvalue weighted by atomic mass is 9.58. The molecule has 4 atom stereocenters. The molecule has 0 unspecified atom stereocenters. The molecule has 0 nitrogen and oxygen atoms in total. The molecule has 0 aliphatic heterocycles. The first-order valence-corrected chi connectivity index (χ1v) is 10.8. The molecule has 2 aromatic rings. The zero-order valence-corrected chi connectivity index (χ0v) is 17.5. The summed E-state index contributed by atoms with van der Waals surface area (Å²) in [6.45, 7) is 1.94. The van der Waals surface area contributed by atoms with Crippen LogP contribution in [0.1, 0.15) is 66.7 Å². The van der Waals surface area contributed by atoms with E-state index >= 15 is 0 Å². The summed E-state index contributed by atoms with van der Waals surface area (Å²) in [5, 5.41) is 0. The largest absolute Gasteiger partial charge is 0.422 e. The van der Waals surface area contributed by atoms with Gasteiger partial charge in [0, 0.05) is 6.07 Å². The van der Waals surface area contributed by atoms with Gasteiger partial charge in [0.1, 0.15) is 28.8 Å². The van der Waals surface area contributed by atoms with Crippen molar-refractivity contribution in [2.75, 3.05) is 0 Å². The first-order chi connectivity index (χ1) is 15.1. The molecular formula is C25H23F7. The number of rotatable bonds is 3. The van der Waals surface area contributed by atoms with Crippen LogP contribution in [0.3, 0.4) is 0 Å². The highest BCUT2D eigenvalue weighted by atomic mass is 19.4. The van der Waals surface area contributed by atoms with E-state index in [0.717, 1.165) is 24.6 Å². The first kappa shape index (κ1) is 22.9. The van der Waals surface area contributed by atoms with Crippen molar-refractivity contribution in [2.45, 2.75) is 57.0 Å². The van der Waals surface area contributed by atoms with E-state index in [1.54, 1.807) is 0 Å². The van der Waals surface area contributed by atoms with Crippen molar-refractivity contribution in [1.29, 1.82) is 0 Å². The van der Waals surface area contributed by atoms with Crippen molar-refractivity contribution in [3.63, 3.8) is 0 Å². The Hall–Kier alpha value is -2.31. The van der Waals surface area contributed by atoms with Gasteiger partial charge in [-0.2, -0.15) is 13.2 Å². The van der Waals surface area contributed by atoms with Crippen LogP contribution in [0.5, 0.6) is 0 Å². The molecule has 2 aliphatic rings. The Labute approximate surface area is 182 Å². The van der Waals surface area contributed by atoms with Crippen LogP contribution in [-0.2, 0) is 12.6 Å². The zero-order valence-electron chi connectivity index (χ0n) is 17.5. The molecule has 1 saturated carbocycles. The Morgan fingerprint density at radius 3 is 2.22 bits per heavy atom. The molecule has 172 valence electrons. The van der Waals surface area contributed by atoms with E-state index in [-0.39, 0.29) is 23.3 Å². The summed E-state index contributed by atoms with van der Waals surface area (Å²) in [6, 6.07) is 3.75. The van der Waals surface area contributed by atoms with Gasteiger partial charge in [-0.1, -0.05) is 19.1 Å². The molecule has 0 spiro atoms. The Morgan fingerprint density at radius 2 is 1.59 bits per heavy atom. The molecule has 0 radical (unpaired) electrons. The maximum Gasteiger partial charge on any atom is 0.422 e. The van der Waals surface area contributed by atoms with Gasteiger partial charge >= 0.3 is 6.18 Å². The van der Waals surface area contributed by atoms with Gasteiger partial charge < -0.3 is 0 Å². The summed E-state index contributed by atoms with van der Waals surface area (Å²) in [5.41, 5.74) is -0.713. The molecule has 0 bridgehead atoms.